The van der Waals surface area contributed by atoms with Crippen LogP contribution in [0.15, 0.2) is 59.3 Å². The number of hydrogen-bond donors (Lipinski definition) is 2. The number of aromatic amines is 1. The molecule has 0 aliphatic rings. The molecule has 3 aromatic heterocycles. The van der Waals surface area contributed by atoms with E-state index in [-0.39, 0.29) is 5.97 Å². The lowest BCUT2D eigenvalue weighted by Crippen LogP contribution is -2.04. The smallest absolute Gasteiger partial charge is 0.354 e. The Bertz CT molecular complexity index is 1150. The van der Waals surface area contributed by atoms with Crippen LogP contribution in [-0.2, 0) is 4.74 Å². The summed E-state index contributed by atoms with van der Waals surface area (Å²) >= 11 is 3.54. The van der Waals surface area contributed by atoms with Crippen LogP contribution in [0.5, 0.6) is 0 Å². The first-order valence-electron chi connectivity index (χ1n) is 10.6. The third-order valence-electron chi connectivity index (χ3n) is 4.01. The second-order valence-corrected chi connectivity index (χ2v) is 6.79. The van der Waals surface area contributed by atoms with Gasteiger partial charge in [0.25, 0.3) is 0 Å². The predicted octanol–water partition coefficient (Wildman–Crippen LogP) is 6.76. The number of fused-ring (bicyclic) bond motifs is 1. The van der Waals surface area contributed by atoms with Crippen molar-refractivity contribution in [1.82, 2.24) is 19.9 Å². The zero-order chi connectivity index (χ0) is 23.5. The Kier molecular flexibility index (Phi) is 9.81. The summed E-state index contributed by atoms with van der Waals surface area (Å²) in [4.78, 5) is 28.2. The number of halogens is 1. The van der Waals surface area contributed by atoms with Crippen molar-refractivity contribution in [1.29, 1.82) is 0 Å². The molecule has 2 N–H and O–H groups in total. The maximum absolute atomic E-state index is 12.0. The summed E-state index contributed by atoms with van der Waals surface area (Å²) in [6, 6.07) is 13.0. The second-order valence-electron chi connectivity index (χ2n) is 5.93. The number of pyridine rings is 1. The molecule has 8 heteroatoms. The number of nitrogens with zero attached hydrogens (tertiary/aromatic N) is 3. The Morgan fingerprint density at radius 1 is 1.03 bits per heavy atom. The van der Waals surface area contributed by atoms with Gasteiger partial charge in [0.15, 0.2) is 0 Å². The number of H-pyrrole nitrogens is 1. The van der Waals surface area contributed by atoms with E-state index in [4.69, 9.17) is 4.74 Å². The van der Waals surface area contributed by atoms with E-state index < -0.39 is 0 Å². The van der Waals surface area contributed by atoms with Crippen molar-refractivity contribution in [3.63, 3.8) is 0 Å². The highest BCUT2D eigenvalue weighted by molar-refractivity contribution is 9.10. The number of esters is 1. The molecule has 0 unspecified atom stereocenters. The van der Waals surface area contributed by atoms with Gasteiger partial charge in [-0.05, 0) is 59.3 Å². The monoisotopic (exact) mass is 497 g/mol. The molecule has 1 aromatic carbocycles. The van der Waals surface area contributed by atoms with Gasteiger partial charge in [-0.15, -0.1) is 0 Å². The Labute approximate surface area is 196 Å². The molecule has 0 atom stereocenters. The van der Waals surface area contributed by atoms with Gasteiger partial charge in [0.2, 0.25) is 5.95 Å². The van der Waals surface area contributed by atoms with Gasteiger partial charge in [-0.25, -0.2) is 14.8 Å². The van der Waals surface area contributed by atoms with Gasteiger partial charge in [-0.2, -0.15) is 0 Å². The first-order chi connectivity index (χ1) is 15.6. The van der Waals surface area contributed by atoms with E-state index in [9.17, 15) is 4.79 Å². The van der Waals surface area contributed by atoms with Crippen LogP contribution in [0, 0.1) is 0 Å². The van der Waals surface area contributed by atoms with Crippen LogP contribution in [0.25, 0.3) is 22.3 Å². The fourth-order valence-electron chi connectivity index (χ4n) is 2.80. The van der Waals surface area contributed by atoms with Crippen LogP contribution in [-0.4, -0.2) is 32.5 Å². The lowest BCUT2D eigenvalue weighted by Gasteiger charge is -2.07. The summed E-state index contributed by atoms with van der Waals surface area (Å²) in [5, 5.41) is 4.06. The van der Waals surface area contributed by atoms with Crippen molar-refractivity contribution in [2.24, 2.45) is 0 Å². The molecule has 0 saturated heterocycles. The fraction of sp³-hybridized carbons (Fsp3) is 0.250. The van der Waals surface area contributed by atoms with Crippen molar-refractivity contribution >= 4 is 44.4 Å². The Balaban J connectivity index is 0.000000860. The van der Waals surface area contributed by atoms with Gasteiger partial charge < -0.3 is 15.0 Å². The van der Waals surface area contributed by atoms with Gasteiger partial charge in [0.1, 0.15) is 5.69 Å². The average Bonchev–Trinajstić information content (AvgIpc) is 3.28. The van der Waals surface area contributed by atoms with Gasteiger partial charge in [0, 0.05) is 27.9 Å². The molecule has 168 valence electrons. The van der Waals surface area contributed by atoms with E-state index in [1.165, 1.54) is 0 Å². The van der Waals surface area contributed by atoms with Crippen LogP contribution >= 0.6 is 15.9 Å². The number of anilines is 2. The van der Waals surface area contributed by atoms with Gasteiger partial charge in [-0.1, -0.05) is 33.8 Å². The third kappa shape index (κ3) is 6.13. The largest absolute Gasteiger partial charge is 0.461 e. The van der Waals surface area contributed by atoms with Crippen LogP contribution in [0.4, 0.5) is 11.6 Å². The molecule has 0 spiro atoms. The highest BCUT2D eigenvalue weighted by atomic mass is 79.9. The topological polar surface area (TPSA) is 92.8 Å². The SMILES string of the molecule is CC.CC.CCOC(=O)c1cc2cc(Nc3nccc(-c4ccccn4)n3)cc(Br)c2[nH]1. The summed E-state index contributed by atoms with van der Waals surface area (Å²) in [6.45, 7) is 10.1. The zero-order valence-corrected chi connectivity index (χ0v) is 20.5. The third-order valence-corrected chi connectivity index (χ3v) is 4.64. The molecule has 7 nitrogen and oxygen atoms in total. The molecule has 0 aliphatic carbocycles. The summed E-state index contributed by atoms with van der Waals surface area (Å²) in [7, 11) is 0. The summed E-state index contributed by atoms with van der Waals surface area (Å²) in [6.07, 6.45) is 3.41. The van der Waals surface area contributed by atoms with Crippen molar-refractivity contribution in [2.75, 3.05) is 11.9 Å². The van der Waals surface area contributed by atoms with E-state index in [0.717, 1.165) is 32.5 Å². The summed E-state index contributed by atoms with van der Waals surface area (Å²) in [5.74, 6) is 0.0714. The minimum absolute atomic E-state index is 0.326. The van der Waals surface area contributed by atoms with Crippen molar-refractivity contribution in [2.45, 2.75) is 34.6 Å². The molecule has 4 aromatic rings. The van der Waals surface area contributed by atoms with E-state index in [0.29, 0.717) is 18.2 Å². The first kappa shape index (κ1) is 25.0. The van der Waals surface area contributed by atoms with Gasteiger partial charge in [-0.3, -0.25) is 4.98 Å². The van der Waals surface area contributed by atoms with E-state index in [1.807, 2.05) is 64.1 Å². The summed E-state index contributed by atoms with van der Waals surface area (Å²) < 4.78 is 5.86. The molecule has 0 fully saturated rings. The maximum Gasteiger partial charge on any atom is 0.354 e. The minimum Gasteiger partial charge on any atom is -0.461 e. The van der Waals surface area contributed by atoms with E-state index >= 15 is 0 Å². The van der Waals surface area contributed by atoms with Crippen LogP contribution < -0.4 is 5.32 Å². The highest BCUT2D eigenvalue weighted by Gasteiger charge is 2.13. The highest BCUT2D eigenvalue weighted by Crippen LogP contribution is 2.30. The molecular formula is C24H28BrN5O2. The Hall–Kier alpha value is -3.26. The van der Waals surface area contributed by atoms with Crippen LogP contribution in [0.1, 0.15) is 45.1 Å². The minimum atomic E-state index is -0.383. The summed E-state index contributed by atoms with van der Waals surface area (Å²) in [5.41, 5.74) is 3.51. The number of benzene rings is 1. The molecule has 32 heavy (non-hydrogen) atoms. The molecule has 0 bridgehead atoms. The van der Waals surface area contributed by atoms with Crippen LogP contribution in [0.3, 0.4) is 0 Å². The first-order valence-corrected chi connectivity index (χ1v) is 11.4. The lowest BCUT2D eigenvalue weighted by molar-refractivity contribution is 0.0520. The van der Waals surface area contributed by atoms with Gasteiger partial charge in [0.05, 0.1) is 23.5 Å². The number of carbonyl (C=O) groups excluding carboxylic acids is 1. The Morgan fingerprint density at radius 3 is 2.50 bits per heavy atom. The molecular weight excluding hydrogens is 470 g/mol. The fourth-order valence-corrected chi connectivity index (χ4v) is 3.37. The lowest BCUT2D eigenvalue weighted by atomic mass is 10.2. The molecule has 3 heterocycles. The van der Waals surface area contributed by atoms with Crippen molar-refractivity contribution < 1.29 is 9.53 Å². The van der Waals surface area contributed by atoms with E-state index in [2.05, 4.69) is 41.2 Å². The number of ether oxygens (including phenoxy) is 1. The number of aromatic nitrogens is 4. The second kappa shape index (κ2) is 12.6. The van der Waals surface area contributed by atoms with Crippen molar-refractivity contribution in [3.05, 3.63) is 65.0 Å². The van der Waals surface area contributed by atoms with Crippen molar-refractivity contribution in [3.8, 4) is 11.4 Å². The normalized spacial score (nSPS) is 9.81. The quantitative estimate of drug-likeness (QED) is 0.296. The number of carbonyl (C=O) groups is 1. The standard InChI is InChI=1S/C20H16BrN5O2.2C2H6/c1-2-28-19(27)17-10-12-9-13(11-14(21)18(12)25-17)24-20-23-8-6-16(26-20)15-5-3-4-7-22-15;2*1-2/h3-11,25H,2H2,1H3,(H,23,24,26);2*1-2H3. The molecule has 0 saturated carbocycles. The molecule has 4 rings (SSSR count). The maximum atomic E-state index is 12.0. The van der Waals surface area contributed by atoms with Gasteiger partial charge >= 0.3 is 5.97 Å². The zero-order valence-electron chi connectivity index (χ0n) is 18.9. The molecule has 0 radical (unpaired) electrons. The predicted molar refractivity (Wildman–Crippen MR) is 133 cm³/mol. The number of rotatable bonds is 5. The molecule has 0 aliphatic heterocycles. The van der Waals surface area contributed by atoms with Crippen LogP contribution in [0.2, 0.25) is 0 Å². The van der Waals surface area contributed by atoms with E-state index in [1.54, 1.807) is 25.4 Å². The molecule has 0 amide bonds. The average molecular weight is 498 g/mol. The number of nitrogens with one attached hydrogen (secondary N) is 2. The Morgan fingerprint density at radius 2 is 1.81 bits per heavy atom. The number of hydrogen-bond acceptors (Lipinski definition) is 6.